The molecule has 2 N–H and O–H groups in total. The zero-order valence-corrected chi connectivity index (χ0v) is 12.7. The van der Waals surface area contributed by atoms with Gasteiger partial charge >= 0.3 is 0 Å². The number of Topliss-reactive ketones (excluding diaryl/α,β-unsaturated/α-hetero) is 1. The summed E-state index contributed by atoms with van der Waals surface area (Å²) in [5.74, 6) is 0.125. The predicted octanol–water partition coefficient (Wildman–Crippen LogP) is 4.21. The van der Waals surface area contributed by atoms with Gasteiger partial charge in [0.2, 0.25) is 0 Å². The Morgan fingerprint density at radius 2 is 1.30 bits per heavy atom. The average Bonchev–Trinajstić information content (AvgIpc) is 2.40. The van der Waals surface area contributed by atoms with Crippen molar-refractivity contribution in [2.45, 2.75) is 33.7 Å². The smallest absolute Gasteiger partial charge is 0.159 e. The minimum absolute atomic E-state index is 0.125. The quantitative estimate of drug-likeness (QED) is 0.830. The van der Waals surface area contributed by atoms with Crippen molar-refractivity contribution in [1.82, 2.24) is 0 Å². The molecule has 0 aliphatic carbocycles. The van der Waals surface area contributed by atoms with E-state index >= 15 is 0 Å². The molecule has 2 rings (SSSR count). The number of hydrogen-bond acceptors (Lipinski definition) is 2. The third kappa shape index (κ3) is 5.37. The number of benzene rings is 2. The van der Waals surface area contributed by atoms with Gasteiger partial charge in [-0.15, -0.1) is 0 Å². The summed E-state index contributed by atoms with van der Waals surface area (Å²) >= 11 is 0. The Morgan fingerprint density at radius 3 is 1.65 bits per heavy atom. The lowest BCUT2D eigenvalue weighted by Gasteiger charge is -2.03. The molecule has 2 heteroatoms. The number of hydrogen-bond donors (Lipinski definition) is 1. The minimum Gasteiger partial charge on any atom is -0.324 e. The lowest BCUT2D eigenvalue weighted by atomic mass is 10.1. The molecule has 1 unspecified atom stereocenters. The molecule has 0 bridgehead atoms. The van der Waals surface area contributed by atoms with Crippen LogP contribution in [-0.2, 0) is 0 Å². The van der Waals surface area contributed by atoms with E-state index in [1.165, 1.54) is 16.7 Å². The van der Waals surface area contributed by atoms with E-state index in [9.17, 15) is 4.79 Å². The van der Waals surface area contributed by atoms with E-state index in [2.05, 4.69) is 31.2 Å². The average molecular weight is 269 g/mol. The van der Waals surface area contributed by atoms with E-state index in [-0.39, 0.29) is 11.8 Å². The van der Waals surface area contributed by atoms with Crippen LogP contribution in [0.15, 0.2) is 48.5 Å². The van der Waals surface area contributed by atoms with Gasteiger partial charge in [-0.3, -0.25) is 4.79 Å². The molecule has 0 aromatic heterocycles. The first-order valence-electron chi connectivity index (χ1n) is 6.80. The van der Waals surface area contributed by atoms with E-state index in [4.69, 9.17) is 5.73 Å². The summed E-state index contributed by atoms with van der Waals surface area (Å²) in [7, 11) is 0. The van der Waals surface area contributed by atoms with Crippen LogP contribution in [0.4, 0.5) is 0 Å². The Labute approximate surface area is 121 Å². The molecule has 0 saturated carbocycles. The van der Waals surface area contributed by atoms with Gasteiger partial charge in [0.05, 0.1) is 0 Å². The molecule has 1 atom stereocenters. The molecule has 2 aromatic carbocycles. The van der Waals surface area contributed by atoms with Crippen LogP contribution in [0.5, 0.6) is 0 Å². The summed E-state index contributed by atoms with van der Waals surface area (Å²) in [5, 5.41) is 0. The maximum atomic E-state index is 10.8. The normalized spacial score (nSPS) is 11.2. The van der Waals surface area contributed by atoms with Crippen LogP contribution in [0.2, 0.25) is 0 Å². The molecule has 0 spiro atoms. The molecule has 0 fully saturated rings. The molecule has 20 heavy (non-hydrogen) atoms. The number of carbonyl (C=O) groups excluding carboxylic acids is 1. The SMILES string of the molecule is CC(=O)c1ccc(C)cc1.Cc1ccc(C(C)N)cc1. The molecular formula is C18H23NO. The van der Waals surface area contributed by atoms with Crippen molar-refractivity contribution in [3.05, 3.63) is 70.8 Å². The highest BCUT2D eigenvalue weighted by Gasteiger charge is 1.96. The topological polar surface area (TPSA) is 43.1 Å². The van der Waals surface area contributed by atoms with Gasteiger partial charge in [0.1, 0.15) is 0 Å². The first kappa shape index (κ1) is 16.1. The molecule has 0 amide bonds. The highest BCUT2D eigenvalue weighted by atomic mass is 16.1. The second-order valence-electron chi connectivity index (χ2n) is 5.12. The fourth-order valence-corrected chi connectivity index (χ4v) is 1.66. The number of rotatable bonds is 2. The van der Waals surface area contributed by atoms with Crippen LogP contribution >= 0.6 is 0 Å². The Kier molecular flexibility index (Phi) is 6.13. The largest absolute Gasteiger partial charge is 0.324 e. The Morgan fingerprint density at radius 1 is 0.900 bits per heavy atom. The fourth-order valence-electron chi connectivity index (χ4n) is 1.66. The third-order valence-electron chi connectivity index (χ3n) is 3.06. The zero-order chi connectivity index (χ0) is 15.1. The summed E-state index contributed by atoms with van der Waals surface area (Å²) in [6, 6.07) is 16.0. The van der Waals surface area contributed by atoms with Crippen LogP contribution in [0.3, 0.4) is 0 Å². The minimum atomic E-state index is 0.125. The Bertz CT molecular complexity index is 539. The van der Waals surface area contributed by atoms with Crippen LogP contribution in [0.1, 0.15) is 46.9 Å². The van der Waals surface area contributed by atoms with Crippen molar-refractivity contribution in [3.8, 4) is 0 Å². The van der Waals surface area contributed by atoms with E-state index in [1.54, 1.807) is 6.92 Å². The maximum absolute atomic E-state index is 10.8. The molecular weight excluding hydrogens is 246 g/mol. The van der Waals surface area contributed by atoms with Crippen molar-refractivity contribution in [2.24, 2.45) is 5.73 Å². The predicted molar refractivity (Wildman–Crippen MR) is 85.0 cm³/mol. The van der Waals surface area contributed by atoms with Gasteiger partial charge in [-0.05, 0) is 33.3 Å². The van der Waals surface area contributed by atoms with Crippen molar-refractivity contribution in [3.63, 3.8) is 0 Å². The van der Waals surface area contributed by atoms with Crippen LogP contribution in [-0.4, -0.2) is 5.78 Å². The molecule has 0 heterocycles. The van der Waals surface area contributed by atoms with Gasteiger partial charge in [0, 0.05) is 11.6 Å². The third-order valence-corrected chi connectivity index (χ3v) is 3.06. The summed E-state index contributed by atoms with van der Waals surface area (Å²) in [4.78, 5) is 10.8. The van der Waals surface area contributed by atoms with Crippen LogP contribution < -0.4 is 5.73 Å². The lowest BCUT2D eigenvalue weighted by Crippen LogP contribution is -2.04. The second kappa shape index (κ2) is 7.61. The molecule has 0 saturated heterocycles. The summed E-state index contributed by atoms with van der Waals surface area (Å²) < 4.78 is 0. The van der Waals surface area contributed by atoms with Crippen molar-refractivity contribution in [1.29, 1.82) is 0 Å². The molecule has 0 aliphatic rings. The number of ketones is 1. The van der Waals surface area contributed by atoms with Crippen molar-refractivity contribution >= 4 is 5.78 Å². The highest BCUT2D eigenvalue weighted by Crippen LogP contribution is 2.09. The number of nitrogens with two attached hydrogens (primary N) is 1. The maximum Gasteiger partial charge on any atom is 0.159 e. The van der Waals surface area contributed by atoms with E-state index in [0.717, 1.165) is 5.56 Å². The van der Waals surface area contributed by atoms with Gasteiger partial charge in [0.15, 0.2) is 5.78 Å². The summed E-state index contributed by atoms with van der Waals surface area (Å²) in [6.07, 6.45) is 0. The second-order valence-corrected chi connectivity index (χ2v) is 5.12. The molecule has 2 nitrogen and oxygen atoms in total. The zero-order valence-electron chi connectivity index (χ0n) is 12.7. The molecule has 0 radical (unpaired) electrons. The number of carbonyl (C=O) groups is 1. The monoisotopic (exact) mass is 269 g/mol. The van der Waals surface area contributed by atoms with Crippen LogP contribution in [0.25, 0.3) is 0 Å². The van der Waals surface area contributed by atoms with Gasteiger partial charge in [-0.25, -0.2) is 0 Å². The number of aryl methyl sites for hydroxylation is 2. The van der Waals surface area contributed by atoms with Crippen molar-refractivity contribution < 1.29 is 4.79 Å². The first-order chi connectivity index (χ1) is 9.40. The van der Waals surface area contributed by atoms with E-state index < -0.39 is 0 Å². The lowest BCUT2D eigenvalue weighted by molar-refractivity contribution is 0.101. The van der Waals surface area contributed by atoms with E-state index in [1.807, 2.05) is 38.1 Å². The first-order valence-corrected chi connectivity index (χ1v) is 6.80. The molecule has 106 valence electrons. The van der Waals surface area contributed by atoms with Gasteiger partial charge in [-0.1, -0.05) is 59.7 Å². The molecule has 2 aromatic rings. The standard InChI is InChI=1S/C9H13N.C9H10O/c2*1-7-3-5-9(6-4-7)8(2)10/h3-6,8H,10H2,1-2H3;3-6H,1-2H3. The molecule has 0 aliphatic heterocycles. The Balaban J connectivity index is 0.000000200. The van der Waals surface area contributed by atoms with Crippen LogP contribution in [0, 0.1) is 13.8 Å². The van der Waals surface area contributed by atoms with Gasteiger partial charge in [0.25, 0.3) is 0 Å². The van der Waals surface area contributed by atoms with Gasteiger partial charge < -0.3 is 5.73 Å². The fraction of sp³-hybridized carbons (Fsp3) is 0.278. The summed E-state index contributed by atoms with van der Waals surface area (Å²) in [6.45, 7) is 7.64. The van der Waals surface area contributed by atoms with E-state index in [0.29, 0.717) is 0 Å². The van der Waals surface area contributed by atoms with Crippen molar-refractivity contribution in [2.75, 3.05) is 0 Å². The van der Waals surface area contributed by atoms with Gasteiger partial charge in [-0.2, -0.15) is 0 Å². The highest BCUT2D eigenvalue weighted by molar-refractivity contribution is 5.93. The summed E-state index contributed by atoms with van der Waals surface area (Å²) in [5.41, 5.74) is 10.1. The Hall–Kier alpha value is -1.93.